The fourth-order valence-electron chi connectivity index (χ4n) is 2.30. The molecule has 0 saturated heterocycles. The molecule has 136 valence electrons. The zero-order chi connectivity index (χ0) is 18.4. The third-order valence-electron chi connectivity index (χ3n) is 3.72. The lowest BCUT2D eigenvalue weighted by Gasteiger charge is -2.20. The van der Waals surface area contributed by atoms with E-state index in [1.54, 1.807) is 11.9 Å². The van der Waals surface area contributed by atoms with Gasteiger partial charge >= 0.3 is 6.18 Å². The second kappa shape index (κ2) is 8.18. The summed E-state index contributed by atoms with van der Waals surface area (Å²) < 4.78 is 44.8. The standard InChI is InChI=1S/C18H22F3N3O/c1-4-5-6-10-25-16-15(18(19,20)21)12-22-17(23-16)24(3)14-9-7-8-13(2)11-14/h7-9,11-12H,4-6,10H2,1-3H3. The van der Waals surface area contributed by atoms with Gasteiger partial charge in [0, 0.05) is 18.9 Å². The zero-order valence-electron chi connectivity index (χ0n) is 14.6. The van der Waals surface area contributed by atoms with Gasteiger partial charge in [0.25, 0.3) is 0 Å². The Bertz CT molecular complexity index is 704. The largest absolute Gasteiger partial charge is 0.477 e. The van der Waals surface area contributed by atoms with Gasteiger partial charge in [-0.05, 0) is 31.0 Å². The van der Waals surface area contributed by atoms with Crippen LogP contribution in [0.3, 0.4) is 0 Å². The van der Waals surface area contributed by atoms with Crippen molar-refractivity contribution in [2.45, 2.75) is 39.3 Å². The van der Waals surface area contributed by atoms with Crippen LogP contribution in [0.2, 0.25) is 0 Å². The molecule has 25 heavy (non-hydrogen) atoms. The van der Waals surface area contributed by atoms with Crippen molar-refractivity contribution in [1.82, 2.24) is 9.97 Å². The molecule has 1 aromatic heterocycles. The molecule has 2 aromatic rings. The predicted octanol–water partition coefficient (Wildman–Crippen LogP) is 5.14. The van der Waals surface area contributed by atoms with Crippen LogP contribution in [0.4, 0.5) is 24.8 Å². The Balaban J connectivity index is 2.30. The summed E-state index contributed by atoms with van der Waals surface area (Å²) in [5.41, 5.74) is 0.870. The molecule has 1 heterocycles. The third-order valence-corrected chi connectivity index (χ3v) is 3.72. The highest BCUT2D eigenvalue weighted by Crippen LogP contribution is 2.36. The average Bonchev–Trinajstić information content (AvgIpc) is 2.57. The maximum Gasteiger partial charge on any atom is 0.423 e. The van der Waals surface area contributed by atoms with Crippen LogP contribution in [0.5, 0.6) is 5.88 Å². The monoisotopic (exact) mass is 353 g/mol. The van der Waals surface area contributed by atoms with Gasteiger partial charge in [0.1, 0.15) is 5.56 Å². The van der Waals surface area contributed by atoms with Crippen LogP contribution < -0.4 is 9.64 Å². The maximum absolute atomic E-state index is 13.2. The molecule has 0 N–H and O–H groups in total. The van der Waals surface area contributed by atoms with E-state index in [9.17, 15) is 13.2 Å². The number of hydrogen-bond acceptors (Lipinski definition) is 4. The molecule has 0 atom stereocenters. The fourth-order valence-corrected chi connectivity index (χ4v) is 2.30. The summed E-state index contributed by atoms with van der Waals surface area (Å²) in [6.07, 6.45) is -1.24. The molecule has 0 aliphatic carbocycles. The number of alkyl halides is 3. The van der Waals surface area contributed by atoms with E-state index in [1.165, 1.54) is 0 Å². The first-order valence-corrected chi connectivity index (χ1v) is 8.20. The SMILES string of the molecule is CCCCCOc1nc(N(C)c2cccc(C)c2)ncc1C(F)(F)F. The minimum absolute atomic E-state index is 0.157. The Hall–Kier alpha value is -2.31. The molecule has 0 spiro atoms. The van der Waals surface area contributed by atoms with Crippen molar-refractivity contribution < 1.29 is 17.9 Å². The second-order valence-corrected chi connectivity index (χ2v) is 5.84. The van der Waals surface area contributed by atoms with Crippen LogP contribution >= 0.6 is 0 Å². The molecule has 0 fully saturated rings. The van der Waals surface area contributed by atoms with Crippen LogP contribution in [0.25, 0.3) is 0 Å². The van der Waals surface area contributed by atoms with E-state index >= 15 is 0 Å². The minimum atomic E-state index is -4.56. The van der Waals surface area contributed by atoms with E-state index in [0.717, 1.165) is 30.3 Å². The topological polar surface area (TPSA) is 38.2 Å². The van der Waals surface area contributed by atoms with Gasteiger partial charge in [-0.1, -0.05) is 31.9 Å². The number of aromatic nitrogens is 2. The van der Waals surface area contributed by atoms with E-state index in [4.69, 9.17) is 4.74 Å². The Labute approximate surface area is 145 Å². The Morgan fingerprint density at radius 2 is 1.96 bits per heavy atom. The highest BCUT2D eigenvalue weighted by molar-refractivity contribution is 5.57. The van der Waals surface area contributed by atoms with E-state index in [-0.39, 0.29) is 12.6 Å². The highest BCUT2D eigenvalue weighted by Gasteiger charge is 2.36. The summed E-state index contributed by atoms with van der Waals surface area (Å²) in [6.45, 7) is 4.15. The molecule has 1 aromatic carbocycles. The Morgan fingerprint density at radius 3 is 2.60 bits per heavy atom. The lowest BCUT2D eigenvalue weighted by Crippen LogP contribution is -2.17. The van der Waals surface area contributed by atoms with E-state index in [0.29, 0.717) is 6.42 Å². The van der Waals surface area contributed by atoms with Crippen molar-refractivity contribution in [2.75, 3.05) is 18.6 Å². The number of unbranched alkanes of at least 4 members (excludes halogenated alkanes) is 2. The summed E-state index contributed by atoms with van der Waals surface area (Å²) in [5.74, 6) is -0.266. The number of halogens is 3. The first-order chi connectivity index (χ1) is 11.8. The van der Waals surface area contributed by atoms with Gasteiger partial charge in [0.05, 0.1) is 6.61 Å². The van der Waals surface area contributed by atoms with E-state index < -0.39 is 17.6 Å². The van der Waals surface area contributed by atoms with Crippen molar-refractivity contribution in [3.05, 3.63) is 41.6 Å². The van der Waals surface area contributed by atoms with Crippen molar-refractivity contribution in [2.24, 2.45) is 0 Å². The molecule has 0 bridgehead atoms. The number of ether oxygens (including phenoxy) is 1. The van der Waals surface area contributed by atoms with E-state index in [1.807, 2.05) is 38.1 Å². The summed E-state index contributed by atoms with van der Waals surface area (Å²) in [7, 11) is 1.71. The molecule has 0 aliphatic rings. The molecule has 0 unspecified atom stereocenters. The van der Waals surface area contributed by atoms with Crippen LogP contribution in [-0.2, 0) is 6.18 Å². The Kier molecular flexibility index (Phi) is 6.22. The highest BCUT2D eigenvalue weighted by atomic mass is 19.4. The number of rotatable bonds is 7. The lowest BCUT2D eigenvalue weighted by molar-refractivity contribution is -0.139. The number of aryl methyl sites for hydroxylation is 1. The van der Waals surface area contributed by atoms with Crippen molar-refractivity contribution in [3.8, 4) is 5.88 Å². The summed E-state index contributed by atoms with van der Waals surface area (Å²) in [6, 6.07) is 7.55. The van der Waals surface area contributed by atoms with Gasteiger partial charge in [0.15, 0.2) is 0 Å². The molecule has 0 amide bonds. The van der Waals surface area contributed by atoms with Gasteiger partial charge in [-0.3, -0.25) is 0 Å². The van der Waals surface area contributed by atoms with Crippen LogP contribution in [0.1, 0.15) is 37.3 Å². The predicted molar refractivity (Wildman–Crippen MR) is 91.3 cm³/mol. The number of hydrogen-bond donors (Lipinski definition) is 0. The third kappa shape index (κ3) is 5.08. The summed E-state index contributed by atoms with van der Waals surface area (Å²) in [4.78, 5) is 9.52. The molecule has 0 aliphatic heterocycles. The minimum Gasteiger partial charge on any atom is -0.477 e. The van der Waals surface area contributed by atoms with Crippen LogP contribution in [0, 0.1) is 6.92 Å². The van der Waals surface area contributed by atoms with Gasteiger partial charge < -0.3 is 9.64 Å². The maximum atomic E-state index is 13.2. The zero-order valence-corrected chi connectivity index (χ0v) is 14.6. The second-order valence-electron chi connectivity index (χ2n) is 5.84. The van der Waals surface area contributed by atoms with Crippen molar-refractivity contribution >= 4 is 11.6 Å². The first kappa shape index (κ1) is 19.0. The molecule has 2 rings (SSSR count). The normalized spacial score (nSPS) is 11.4. The molecule has 0 saturated carbocycles. The average molecular weight is 353 g/mol. The van der Waals surface area contributed by atoms with Gasteiger partial charge in [-0.25, -0.2) is 4.98 Å². The molecular weight excluding hydrogens is 331 g/mol. The first-order valence-electron chi connectivity index (χ1n) is 8.20. The fraction of sp³-hybridized carbons (Fsp3) is 0.444. The van der Waals surface area contributed by atoms with Gasteiger partial charge in [-0.15, -0.1) is 0 Å². The van der Waals surface area contributed by atoms with Crippen LogP contribution in [0.15, 0.2) is 30.5 Å². The summed E-state index contributed by atoms with van der Waals surface area (Å²) in [5, 5.41) is 0. The van der Waals surface area contributed by atoms with Crippen molar-refractivity contribution in [3.63, 3.8) is 0 Å². The summed E-state index contributed by atoms with van der Waals surface area (Å²) >= 11 is 0. The molecular formula is C18H22F3N3O. The van der Waals surface area contributed by atoms with Gasteiger partial charge in [0.2, 0.25) is 11.8 Å². The van der Waals surface area contributed by atoms with E-state index in [2.05, 4.69) is 9.97 Å². The molecule has 0 radical (unpaired) electrons. The molecule has 7 heteroatoms. The number of benzene rings is 1. The quantitative estimate of drug-likeness (QED) is 0.646. The number of anilines is 2. The van der Waals surface area contributed by atoms with Crippen molar-refractivity contribution in [1.29, 1.82) is 0 Å². The van der Waals surface area contributed by atoms with Crippen LogP contribution in [-0.4, -0.2) is 23.6 Å². The van der Waals surface area contributed by atoms with Gasteiger partial charge in [-0.2, -0.15) is 18.2 Å². The number of nitrogens with zero attached hydrogens (tertiary/aromatic N) is 3. The molecule has 4 nitrogen and oxygen atoms in total. The lowest BCUT2D eigenvalue weighted by atomic mass is 10.2. The Morgan fingerprint density at radius 1 is 1.20 bits per heavy atom. The smallest absolute Gasteiger partial charge is 0.423 e.